The highest BCUT2D eigenvalue weighted by Crippen LogP contribution is 2.26. The smallest absolute Gasteiger partial charge is 0.238 e. The van der Waals surface area contributed by atoms with Crippen molar-refractivity contribution in [2.45, 2.75) is 38.3 Å². The number of benzene rings is 2. The second kappa shape index (κ2) is 9.59. The number of aliphatic imine (C=N–C) groups is 1. The van der Waals surface area contributed by atoms with Crippen molar-refractivity contribution in [3.63, 3.8) is 0 Å². The molecule has 30 heavy (non-hydrogen) atoms. The maximum Gasteiger partial charge on any atom is 0.238 e. The fraction of sp³-hybridized carbons (Fsp3) is 0.409. The van der Waals surface area contributed by atoms with Crippen LogP contribution in [-0.2, 0) is 21.3 Å². The third-order valence-corrected chi connectivity index (χ3v) is 6.07. The van der Waals surface area contributed by atoms with Crippen molar-refractivity contribution in [3.8, 4) is 0 Å². The Hall–Kier alpha value is -2.42. The number of morpholine rings is 1. The predicted octanol–water partition coefficient (Wildman–Crippen LogP) is 2.49. The Balaban J connectivity index is 1.74. The number of nitrogens with zero attached hydrogens (tertiary/aromatic N) is 2. The number of nitrogens with two attached hydrogens (primary N) is 1. The van der Waals surface area contributed by atoms with Crippen molar-refractivity contribution in [2.75, 3.05) is 26.2 Å². The number of sulfonamides is 1. The Bertz CT molecular complexity index is 1000. The maximum atomic E-state index is 11.4. The first-order valence-corrected chi connectivity index (χ1v) is 11.7. The lowest BCUT2D eigenvalue weighted by Crippen LogP contribution is -2.48. The van der Waals surface area contributed by atoms with Gasteiger partial charge in [-0.1, -0.05) is 35.9 Å². The summed E-state index contributed by atoms with van der Waals surface area (Å²) in [6.07, 6.45) is -0.00255. The highest BCUT2D eigenvalue weighted by atomic mass is 32.2. The first-order valence-electron chi connectivity index (χ1n) is 10.1. The van der Waals surface area contributed by atoms with Gasteiger partial charge in [0.25, 0.3) is 0 Å². The monoisotopic (exact) mass is 430 g/mol. The summed E-state index contributed by atoms with van der Waals surface area (Å²) < 4.78 is 28.9. The number of hydrogen-bond acceptors (Lipinski definition) is 4. The van der Waals surface area contributed by atoms with Gasteiger partial charge in [-0.05, 0) is 49.6 Å². The zero-order valence-electron chi connectivity index (χ0n) is 17.8. The van der Waals surface area contributed by atoms with E-state index >= 15 is 0 Å². The highest BCUT2D eigenvalue weighted by Gasteiger charge is 2.25. The average Bonchev–Trinajstić information content (AvgIpc) is 2.71. The van der Waals surface area contributed by atoms with E-state index in [0.717, 1.165) is 31.2 Å². The summed E-state index contributed by atoms with van der Waals surface area (Å²) in [5.41, 5.74) is 4.60. The molecule has 0 aromatic heterocycles. The van der Waals surface area contributed by atoms with E-state index in [1.807, 2.05) is 6.92 Å². The first kappa shape index (κ1) is 22.3. The van der Waals surface area contributed by atoms with Crippen LogP contribution in [0.4, 0.5) is 0 Å². The second-order valence-corrected chi connectivity index (χ2v) is 9.09. The molecule has 1 heterocycles. The summed E-state index contributed by atoms with van der Waals surface area (Å²) in [5, 5.41) is 8.52. The van der Waals surface area contributed by atoms with E-state index in [0.29, 0.717) is 13.2 Å². The lowest BCUT2D eigenvalue weighted by Gasteiger charge is -2.36. The van der Waals surface area contributed by atoms with Crippen LogP contribution in [0.2, 0.25) is 0 Å². The van der Waals surface area contributed by atoms with Crippen LogP contribution in [0.5, 0.6) is 0 Å². The van der Waals surface area contributed by atoms with Gasteiger partial charge >= 0.3 is 0 Å². The lowest BCUT2D eigenvalue weighted by molar-refractivity contribution is -0.00834. The van der Waals surface area contributed by atoms with Gasteiger partial charge in [0.2, 0.25) is 10.0 Å². The molecule has 7 nitrogen and oxygen atoms in total. The van der Waals surface area contributed by atoms with Crippen LogP contribution in [0.25, 0.3) is 0 Å². The maximum absolute atomic E-state index is 11.4. The first-order chi connectivity index (χ1) is 14.3. The molecule has 2 aromatic carbocycles. The number of ether oxygens (including phenoxy) is 1. The molecule has 0 aliphatic carbocycles. The van der Waals surface area contributed by atoms with E-state index < -0.39 is 10.0 Å². The minimum absolute atomic E-state index is 0.00255. The molecule has 0 radical (unpaired) electrons. The normalized spacial score (nSPS) is 17.8. The average molecular weight is 431 g/mol. The molecule has 8 heteroatoms. The zero-order valence-corrected chi connectivity index (χ0v) is 18.6. The van der Waals surface area contributed by atoms with Gasteiger partial charge in [0, 0.05) is 13.1 Å². The van der Waals surface area contributed by atoms with Gasteiger partial charge in [-0.2, -0.15) is 0 Å². The number of hydrogen-bond donors (Lipinski definition) is 2. The van der Waals surface area contributed by atoms with E-state index in [1.165, 1.54) is 28.8 Å². The second-order valence-electron chi connectivity index (χ2n) is 7.52. The number of aryl methyl sites for hydroxylation is 2. The quantitative estimate of drug-likeness (QED) is 0.561. The van der Waals surface area contributed by atoms with E-state index in [1.54, 1.807) is 12.1 Å². The van der Waals surface area contributed by atoms with E-state index in [9.17, 15) is 8.42 Å². The third-order valence-electron chi connectivity index (χ3n) is 5.14. The number of nitrogens with one attached hydrogen (secondary N) is 1. The molecule has 0 saturated carbocycles. The predicted molar refractivity (Wildman–Crippen MR) is 119 cm³/mol. The van der Waals surface area contributed by atoms with Gasteiger partial charge in [0.05, 0.1) is 24.6 Å². The Morgan fingerprint density at radius 2 is 1.97 bits per heavy atom. The van der Waals surface area contributed by atoms with E-state index in [2.05, 4.69) is 42.3 Å². The fourth-order valence-electron chi connectivity index (χ4n) is 3.59. The summed E-state index contributed by atoms with van der Waals surface area (Å²) in [6.45, 7) is 9.57. The van der Waals surface area contributed by atoms with Crippen LogP contribution < -0.4 is 10.5 Å². The number of primary sulfonamides is 1. The molecule has 3 N–H and O–H groups in total. The Labute approximate surface area is 179 Å². The van der Waals surface area contributed by atoms with Crippen molar-refractivity contribution in [3.05, 3.63) is 64.7 Å². The van der Waals surface area contributed by atoms with Crippen LogP contribution in [0.15, 0.2) is 52.4 Å². The van der Waals surface area contributed by atoms with Crippen LogP contribution >= 0.6 is 0 Å². The molecule has 1 aliphatic heterocycles. The number of guanidine groups is 1. The number of rotatable bonds is 5. The lowest BCUT2D eigenvalue weighted by atomic mass is 10.00. The topological polar surface area (TPSA) is 97.0 Å². The summed E-state index contributed by atoms with van der Waals surface area (Å²) >= 11 is 0. The van der Waals surface area contributed by atoms with Crippen LogP contribution in [0.3, 0.4) is 0 Å². The van der Waals surface area contributed by atoms with Gasteiger partial charge in [0.15, 0.2) is 5.96 Å². The van der Waals surface area contributed by atoms with Crippen molar-refractivity contribution in [1.29, 1.82) is 0 Å². The van der Waals surface area contributed by atoms with Gasteiger partial charge < -0.3 is 15.0 Å². The van der Waals surface area contributed by atoms with Gasteiger partial charge in [0.1, 0.15) is 6.10 Å². The van der Waals surface area contributed by atoms with Crippen LogP contribution in [-0.4, -0.2) is 45.5 Å². The molecule has 1 atom stereocenters. The molecule has 0 bridgehead atoms. The molecule has 3 rings (SSSR count). The summed E-state index contributed by atoms with van der Waals surface area (Å²) in [4.78, 5) is 7.08. The minimum atomic E-state index is -3.69. The molecule has 162 valence electrons. The molecule has 1 saturated heterocycles. The zero-order chi connectivity index (χ0) is 21.7. The van der Waals surface area contributed by atoms with Crippen molar-refractivity contribution in [2.24, 2.45) is 10.1 Å². The highest BCUT2D eigenvalue weighted by molar-refractivity contribution is 7.89. The summed E-state index contributed by atoms with van der Waals surface area (Å²) in [5.74, 6) is 0.825. The standard InChI is InChI=1S/C22H30N4O3S/c1-4-24-22(25-14-18-6-8-19(9-7-18)30(23,27)28)26-11-12-29-21(15-26)20-10-5-16(2)13-17(20)3/h5-10,13,21H,4,11-12,14-15H2,1-3H3,(H,24,25)(H2,23,27,28). The van der Waals surface area contributed by atoms with Crippen molar-refractivity contribution >= 4 is 16.0 Å². The van der Waals surface area contributed by atoms with Gasteiger partial charge in [-0.15, -0.1) is 0 Å². The van der Waals surface area contributed by atoms with Gasteiger partial charge in [-0.3, -0.25) is 0 Å². The Morgan fingerprint density at radius 1 is 1.23 bits per heavy atom. The van der Waals surface area contributed by atoms with Crippen LogP contribution in [0.1, 0.15) is 35.3 Å². The molecule has 1 aliphatic rings. The molecule has 0 amide bonds. The SMILES string of the molecule is CCNC(=NCc1ccc(S(N)(=O)=O)cc1)N1CCOC(c2ccc(C)cc2C)C1. The van der Waals surface area contributed by atoms with E-state index in [-0.39, 0.29) is 11.0 Å². The fourth-order valence-corrected chi connectivity index (χ4v) is 4.11. The molecule has 2 aromatic rings. The van der Waals surface area contributed by atoms with E-state index in [4.69, 9.17) is 14.9 Å². The van der Waals surface area contributed by atoms with Crippen molar-refractivity contribution in [1.82, 2.24) is 10.2 Å². The molecule has 1 fully saturated rings. The molecule has 0 spiro atoms. The van der Waals surface area contributed by atoms with Gasteiger partial charge in [-0.25, -0.2) is 18.5 Å². The summed E-state index contributed by atoms with van der Waals surface area (Å²) in [7, 11) is -3.69. The minimum Gasteiger partial charge on any atom is -0.370 e. The summed E-state index contributed by atoms with van der Waals surface area (Å²) in [6, 6.07) is 13.0. The van der Waals surface area contributed by atoms with Crippen LogP contribution in [0, 0.1) is 13.8 Å². The molecular formula is C22H30N4O3S. The largest absolute Gasteiger partial charge is 0.370 e. The Kier molecular flexibility index (Phi) is 7.12. The molecule has 1 unspecified atom stereocenters. The third kappa shape index (κ3) is 5.59. The Morgan fingerprint density at radius 3 is 2.60 bits per heavy atom. The van der Waals surface area contributed by atoms with Crippen molar-refractivity contribution < 1.29 is 13.2 Å². The molecular weight excluding hydrogens is 400 g/mol.